The molecular formula is C22H25ClFNS. The number of nitrogens with zero attached hydrogens (tertiary/aromatic N) is 1. The normalized spacial score (nSPS) is 12.3. The first-order chi connectivity index (χ1) is 12.6. The molecule has 2 aromatic carbocycles. The molecule has 26 heavy (non-hydrogen) atoms. The van der Waals surface area contributed by atoms with Gasteiger partial charge in [-0.05, 0) is 43.7 Å². The van der Waals surface area contributed by atoms with Crippen molar-refractivity contribution in [2.75, 3.05) is 18.8 Å². The molecule has 4 heteroatoms. The molecule has 0 saturated heterocycles. The first kappa shape index (κ1) is 20.8. The molecule has 0 heterocycles. The smallest absolute Gasteiger partial charge is 0.129 e. The fourth-order valence-corrected chi connectivity index (χ4v) is 3.80. The molecular weight excluding hydrogens is 365 g/mol. The van der Waals surface area contributed by atoms with Gasteiger partial charge in [0.1, 0.15) is 5.82 Å². The lowest BCUT2D eigenvalue weighted by Gasteiger charge is -2.23. The minimum atomic E-state index is -0.244. The van der Waals surface area contributed by atoms with Crippen LogP contribution in [0.2, 0.25) is 5.02 Å². The average Bonchev–Trinajstić information content (AvgIpc) is 2.65. The number of hydrogen-bond acceptors (Lipinski definition) is 2. The van der Waals surface area contributed by atoms with Crippen LogP contribution in [0.1, 0.15) is 19.4 Å². The van der Waals surface area contributed by atoms with E-state index in [2.05, 4.69) is 29.2 Å². The van der Waals surface area contributed by atoms with Crippen LogP contribution in [0.3, 0.4) is 0 Å². The van der Waals surface area contributed by atoms with Crippen molar-refractivity contribution in [1.29, 1.82) is 0 Å². The maximum Gasteiger partial charge on any atom is 0.129 e. The van der Waals surface area contributed by atoms with Crippen molar-refractivity contribution in [3.05, 3.63) is 88.7 Å². The van der Waals surface area contributed by atoms with Gasteiger partial charge in [-0.3, -0.25) is 4.90 Å². The molecule has 0 aliphatic rings. The maximum absolute atomic E-state index is 14.2. The van der Waals surface area contributed by atoms with E-state index in [0.29, 0.717) is 17.1 Å². The fourth-order valence-electron chi connectivity index (χ4n) is 2.64. The highest BCUT2D eigenvalue weighted by Gasteiger charge is 2.13. The maximum atomic E-state index is 14.2. The Kier molecular flexibility index (Phi) is 8.96. The Bertz CT molecular complexity index is 723. The first-order valence-corrected chi connectivity index (χ1v) is 10.1. The van der Waals surface area contributed by atoms with Crippen molar-refractivity contribution in [3.8, 4) is 0 Å². The molecule has 0 saturated carbocycles. The van der Waals surface area contributed by atoms with Crippen LogP contribution in [0, 0.1) is 5.82 Å². The lowest BCUT2D eigenvalue weighted by atomic mass is 10.1. The van der Waals surface area contributed by atoms with E-state index in [1.807, 2.05) is 49.9 Å². The summed E-state index contributed by atoms with van der Waals surface area (Å²) in [6, 6.07) is 15.2. The average molecular weight is 390 g/mol. The van der Waals surface area contributed by atoms with Crippen molar-refractivity contribution in [2.24, 2.45) is 0 Å². The van der Waals surface area contributed by atoms with Crippen LogP contribution in [0.5, 0.6) is 0 Å². The molecule has 0 bridgehead atoms. The second kappa shape index (κ2) is 11.2. The summed E-state index contributed by atoms with van der Waals surface area (Å²) in [6.45, 7) is 6.14. The van der Waals surface area contributed by atoms with Gasteiger partial charge in [-0.1, -0.05) is 54.1 Å². The van der Waals surface area contributed by atoms with Gasteiger partial charge < -0.3 is 0 Å². The predicted octanol–water partition coefficient (Wildman–Crippen LogP) is 6.60. The summed E-state index contributed by atoms with van der Waals surface area (Å²) in [4.78, 5) is 3.49. The lowest BCUT2D eigenvalue weighted by Crippen LogP contribution is -2.28. The molecule has 0 N–H and O–H groups in total. The Morgan fingerprint density at radius 3 is 2.54 bits per heavy atom. The first-order valence-electron chi connectivity index (χ1n) is 8.75. The molecule has 0 aromatic heterocycles. The molecule has 0 amide bonds. The van der Waals surface area contributed by atoms with Crippen molar-refractivity contribution < 1.29 is 4.39 Å². The zero-order valence-electron chi connectivity index (χ0n) is 15.3. The summed E-state index contributed by atoms with van der Waals surface area (Å²) in [5.74, 6) is 0.689. The molecule has 0 radical (unpaired) electrons. The van der Waals surface area contributed by atoms with Gasteiger partial charge >= 0.3 is 0 Å². The van der Waals surface area contributed by atoms with Gasteiger partial charge in [0.25, 0.3) is 0 Å². The molecule has 0 aliphatic carbocycles. The van der Waals surface area contributed by atoms with Crippen molar-refractivity contribution in [2.45, 2.75) is 25.3 Å². The van der Waals surface area contributed by atoms with Gasteiger partial charge in [0, 0.05) is 40.9 Å². The summed E-state index contributed by atoms with van der Waals surface area (Å²) in [6.07, 6.45) is 6.23. The van der Waals surface area contributed by atoms with Gasteiger partial charge in [-0.15, -0.1) is 11.8 Å². The summed E-state index contributed by atoms with van der Waals surface area (Å²) in [5.41, 5.74) is 1.78. The Labute approximate surface area is 165 Å². The predicted molar refractivity (Wildman–Crippen MR) is 112 cm³/mol. The molecule has 0 atom stereocenters. The van der Waals surface area contributed by atoms with E-state index in [1.165, 1.54) is 16.5 Å². The van der Waals surface area contributed by atoms with Crippen LogP contribution in [-0.4, -0.2) is 23.7 Å². The Balaban J connectivity index is 2.08. The van der Waals surface area contributed by atoms with Crippen molar-refractivity contribution in [3.63, 3.8) is 0 Å². The van der Waals surface area contributed by atoms with Crippen molar-refractivity contribution in [1.82, 2.24) is 4.90 Å². The molecule has 2 rings (SSSR count). The zero-order valence-corrected chi connectivity index (χ0v) is 16.9. The van der Waals surface area contributed by atoms with E-state index in [9.17, 15) is 4.39 Å². The number of hydrogen-bond donors (Lipinski definition) is 0. The largest absolute Gasteiger partial charge is 0.294 e. The van der Waals surface area contributed by atoms with E-state index < -0.39 is 0 Å². The Hall–Kier alpha value is -1.55. The van der Waals surface area contributed by atoms with Crippen molar-refractivity contribution >= 4 is 23.4 Å². The van der Waals surface area contributed by atoms with Crippen LogP contribution in [-0.2, 0) is 6.54 Å². The van der Waals surface area contributed by atoms with E-state index in [4.69, 9.17) is 11.6 Å². The number of benzene rings is 2. The van der Waals surface area contributed by atoms with Crippen LogP contribution in [0.25, 0.3) is 0 Å². The third-order valence-corrected chi connectivity index (χ3v) is 5.37. The Morgan fingerprint density at radius 2 is 1.88 bits per heavy atom. The number of allylic oxidation sites excluding steroid dienone is 2. The number of halogens is 2. The SMILES string of the molecule is CC=CC(=CC)CN(CCSc1ccccc1)Cc1c(F)cccc1Cl. The molecule has 1 nitrogen and oxygen atoms in total. The van der Waals surface area contributed by atoms with E-state index >= 15 is 0 Å². The van der Waals surface area contributed by atoms with E-state index in [0.717, 1.165) is 18.8 Å². The van der Waals surface area contributed by atoms with Gasteiger partial charge in [-0.2, -0.15) is 0 Å². The van der Waals surface area contributed by atoms with E-state index in [1.54, 1.807) is 12.1 Å². The summed E-state index contributed by atoms with van der Waals surface area (Å²) < 4.78 is 14.2. The molecule has 2 aromatic rings. The Morgan fingerprint density at radius 1 is 1.12 bits per heavy atom. The fraction of sp³-hybridized carbons (Fsp3) is 0.273. The third-order valence-electron chi connectivity index (χ3n) is 4.02. The standard InChI is InChI=1S/C22H25ClFNS/c1-3-9-18(4-2)16-25(14-15-26-19-10-6-5-7-11-19)17-20-21(23)12-8-13-22(20)24/h3-13H,14-17H2,1-2H3. The molecule has 0 fully saturated rings. The van der Waals surface area contributed by atoms with Crippen LogP contribution >= 0.6 is 23.4 Å². The highest BCUT2D eigenvalue weighted by atomic mass is 35.5. The van der Waals surface area contributed by atoms with Gasteiger partial charge in [0.15, 0.2) is 0 Å². The monoisotopic (exact) mass is 389 g/mol. The van der Waals surface area contributed by atoms with Gasteiger partial charge in [-0.25, -0.2) is 4.39 Å². The van der Waals surface area contributed by atoms with Crippen LogP contribution in [0.15, 0.2) is 77.2 Å². The third kappa shape index (κ3) is 6.64. The molecule has 0 unspecified atom stereocenters. The van der Waals surface area contributed by atoms with E-state index in [-0.39, 0.29) is 5.82 Å². The lowest BCUT2D eigenvalue weighted by molar-refractivity contribution is 0.304. The minimum absolute atomic E-state index is 0.244. The van der Waals surface area contributed by atoms with Crippen LogP contribution in [0.4, 0.5) is 4.39 Å². The zero-order chi connectivity index (χ0) is 18.8. The topological polar surface area (TPSA) is 3.24 Å². The van der Waals surface area contributed by atoms with Crippen LogP contribution < -0.4 is 0 Å². The van der Waals surface area contributed by atoms with Gasteiger partial charge in [0.2, 0.25) is 0 Å². The highest BCUT2D eigenvalue weighted by molar-refractivity contribution is 7.99. The second-order valence-electron chi connectivity index (χ2n) is 5.94. The summed E-state index contributed by atoms with van der Waals surface area (Å²) >= 11 is 8.04. The quantitative estimate of drug-likeness (QED) is 0.351. The summed E-state index contributed by atoms with van der Waals surface area (Å²) in [7, 11) is 0. The summed E-state index contributed by atoms with van der Waals surface area (Å²) in [5, 5.41) is 0.485. The minimum Gasteiger partial charge on any atom is -0.294 e. The number of rotatable bonds is 9. The second-order valence-corrected chi connectivity index (χ2v) is 7.51. The van der Waals surface area contributed by atoms with Gasteiger partial charge in [0.05, 0.1) is 0 Å². The number of thioether (sulfide) groups is 1. The molecule has 0 aliphatic heterocycles. The molecule has 0 spiro atoms. The molecule has 138 valence electrons. The highest BCUT2D eigenvalue weighted by Crippen LogP contribution is 2.23.